The number of amides is 1. The molecule has 0 aliphatic rings. The van der Waals surface area contributed by atoms with Gasteiger partial charge < -0.3 is 4.74 Å². The molecule has 0 fully saturated rings. The van der Waals surface area contributed by atoms with Gasteiger partial charge in [0.05, 0.1) is 33.4 Å². The van der Waals surface area contributed by atoms with Crippen molar-refractivity contribution in [2.75, 3.05) is 17.5 Å². The lowest BCUT2D eigenvalue weighted by Gasteiger charge is -2.24. The number of ether oxygens (including phenoxy) is 1. The van der Waals surface area contributed by atoms with Crippen LogP contribution < -0.4 is 14.5 Å². The number of hydrogen-bond donors (Lipinski definition) is 1. The maximum absolute atomic E-state index is 13.3. The van der Waals surface area contributed by atoms with E-state index in [1.807, 2.05) is 12.1 Å². The van der Waals surface area contributed by atoms with Gasteiger partial charge in [-0.2, -0.15) is 5.10 Å². The Kier molecular flexibility index (Phi) is 9.54. The number of nitrogens with zero attached hydrogens (tertiary/aromatic N) is 2. The molecule has 0 aromatic heterocycles. The van der Waals surface area contributed by atoms with E-state index in [4.69, 9.17) is 27.9 Å². The molecule has 184 valence electrons. The molecule has 0 unspecified atom stereocenters. The monoisotopic (exact) mass is 533 g/mol. The zero-order valence-corrected chi connectivity index (χ0v) is 21.4. The molecule has 0 aliphatic heterocycles. The lowest BCUT2D eigenvalue weighted by Crippen LogP contribution is -2.39. The number of nitrogens with one attached hydrogen (secondary N) is 1. The van der Waals surface area contributed by atoms with Crippen molar-refractivity contribution in [1.82, 2.24) is 5.43 Å². The van der Waals surface area contributed by atoms with Crippen molar-refractivity contribution in [2.45, 2.75) is 24.7 Å². The largest absolute Gasteiger partial charge is 0.494 e. The third-order valence-corrected chi connectivity index (χ3v) is 7.45. The van der Waals surface area contributed by atoms with Gasteiger partial charge in [-0.15, -0.1) is 0 Å². The van der Waals surface area contributed by atoms with Gasteiger partial charge in [-0.25, -0.2) is 13.8 Å². The van der Waals surface area contributed by atoms with E-state index in [-0.39, 0.29) is 20.6 Å². The van der Waals surface area contributed by atoms with Crippen LogP contribution >= 0.6 is 23.2 Å². The molecule has 0 atom stereocenters. The van der Waals surface area contributed by atoms with Gasteiger partial charge in [0.15, 0.2) is 0 Å². The van der Waals surface area contributed by atoms with Crippen LogP contribution in [0.1, 0.15) is 25.3 Å². The highest BCUT2D eigenvalue weighted by Gasteiger charge is 2.29. The number of sulfonamides is 1. The first-order valence-electron chi connectivity index (χ1n) is 10.9. The van der Waals surface area contributed by atoms with Crippen LogP contribution in [0.15, 0.2) is 82.8 Å². The van der Waals surface area contributed by atoms with E-state index in [0.717, 1.165) is 28.5 Å². The fourth-order valence-electron chi connectivity index (χ4n) is 3.03. The first-order chi connectivity index (χ1) is 16.8. The van der Waals surface area contributed by atoms with Crippen molar-refractivity contribution in [2.24, 2.45) is 5.10 Å². The first kappa shape index (κ1) is 26.5. The van der Waals surface area contributed by atoms with Gasteiger partial charge in [0.1, 0.15) is 12.3 Å². The van der Waals surface area contributed by atoms with Gasteiger partial charge in [-0.05, 0) is 60.5 Å². The molecule has 1 amide bonds. The van der Waals surface area contributed by atoms with Crippen molar-refractivity contribution in [3.63, 3.8) is 0 Å². The maximum Gasteiger partial charge on any atom is 0.264 e. The molecule has 0 aliphatic carbocycles. The molecule has 7 nitrogen and oxygen atoms in total. The minimum absolute atomic E-state index is 0.00795. The Balaban J connectivity index is 1.74. The van der Waals surface area contributed by atoms with E-state index in [0.29, 0.717) is 6.61 Å². The van der Waals surface area contributed by atoms with E-state index in [2.05, 4.69) is 17.5 Å². The summed E-state index contributed by atoms with van der Waals surface area (Å²) in [6.07, 6.45) is 3.49. The summed E-state index contributed by atoms with van der Waals surface area (Å²) >= 11 is 12.4. The molecule has 0 saturated carbocycles. The van der Waals surface area contributed by atoms with Gasteiger partial charge >= 0.3 is 0 Å². The molecular formula is C25H25Cl2N3O4S. The second kappa shape index (κ2) is 12.6. The van der Waals surface area contributed by atoms with Gasteiger partial charge in [0, 0.05) is 0 Å². The number of benzene rings is 3. The van der Waals surface area contributed by atoms with E-state index in [9.17, 15) is 13.2 Å². The summed E-state index contributed by atoms with van der Waals surface area (Å²) in [5.74, 6) is 0.0936. The van der Waals surface area contributed by atoms with E-state index in [1.165, 1.54) is 30.5 Å². The molecule has 10 heteroatoms. The Hall–Kier alpha value is -3.07. The Labute approximate surface area is 215 Å². The fraction of sp³-hybridized carbons (Fsp3) is 0.200. The predicted octanol–water partition coefficient (Wildman–Crippen LogP) is 5.52. The van der Waals surface area contributed by atoms with Crippen molar-refractivity contribution < 1.29 is 17.9 Å². The van der Waals surface area contributed by atoms with Gasteiger partial charge in [0.2, 0.25) is 0 Å². The Morgan fingerprint density at radius 2 is 1.74 bits per heavy atom. The van der Waals surface area contributed by atoms with Crippen molar-refractivity contribution in [3.05, 3.63) is 88.4 Å². The average molecular weight is 534 g/mol. The minimum atomic E-state index is -4.12. The molecule has 0 radical (unpaired) electrons. The summed E-state index contributed by atoms with van der Waals surface area (Å²) < 4.78 is 33.2. The van der Waals surface area contributed by atoms with Crippen LogP contribution in [-0.2, 0) is 14.8 Å². The quantitative estimate of drug-likeness (QED) is 0.199. The number of rotatable bonds is 11. The lowest BCUT2D eigenvalue weighted by atomic mass is 10.2. The highest BCUT2D eigenvalue weighted by molar-refractivity contribution is 7.92. The molecular weight excluding hydrogens is 509 g/mol. The molecule has 0 saturated heterocycles. The second-order valence-electron chi connectivity index (χ2n) is 7.46. The van der Waals surface area contributed by atoms with Crippen LogP contribution in [0.4, 0.5) is 5.69 Å². The number of carbonyl (C=O) groups excluding carboxylic acids is 1. The van der Waals surface area contributed by atoms with Crippen LogP contribution in [0.3, 0.4) is 0 Å². The maximum atomic E-state index is 13.3. The predicted molar refractivity (Wildman–Crippen MR) is 140 cm³/mol. The summed E-state index contributed by atoms with van der Waals surface area (Å²) in [6.45, 7) is 2.19. The standard InChI is InChI=1S/C25H25Cl2N3O4S/c1-2-3-16-34-20-14-12-19(13-15-20)17-28-29-24(31)18-30(23-11-7-10-22(26)25(23)27)35(32,33)21-8-5-4-6-9-21/h4-15,17H,2-3,16,18H2,1H3,(H,29,31)/b28-17-. The highest BCUT2D eigenvalue weighted by atomic mass is 35.5. The summed E-state index contributed by atoms with van der Waals surface area (Å²) in [5, 5.41) is 4.13. The highest BCUT2D eigenvalue weighted by Crippen LogP contribution is 2.35. The number of unbranched alkanes of at least 4 members (excludes halogenated alkanes) is 1. The van der Waals surface area contributed by atoms with Crippen molar-refractivity contribution in [3.8, 4) is 5.75 Å². The first-order valence-corrected chi connectivity index (χ1v) is 13.1. The summed E-state index contributed by atoms with van der Waals surface area (Å²) in [4.78, 5) is 12.7. The van der Waals surface area contributed by atoms with Gasteiger partial charge in [-0.1, -0.05) is 60.8 Å². The minimum Gasteiger partial charge on any atom is -0.494 e. The van der Waals surface area contributed by atoms with Gasteiger partial charge in [-0.3, -0.25) is 9.10 Å². The van der Waals surface area contributed by atoms with Crippen LogP contribution in [0, 0.1) is 0 Å². The Bertz CT molecular complexity index is 1270. The lowest BCUT2D eigenvalue weighted by molar-refractivity contribution is -0.119. The zero-order valence-electron chi connectivity index (χ0n) is 19.0. The van der Waals surface area contributed by atoms with Gasteiger partial charge in [0.25, 0.3) is 15.9 Å². The molecule has 35 heavy (non-hydrogen) atoms. The third kappa shape index (κ3) is 7.21. The molecule has 3 rings (SSSR count). The Morgan fingerprint density at radius 3 is 2.43 bits per heavy atom. The number of hydrazone groups is 1. The average Bonchev–Trinajstić information content (AvgIpc) is 2.86. The Morgan fingerprint density at radius 1 is 1.03 bits per heavy atom. The molecule has 0 spiro atoms. The number of carbonyl (C=O) groups is 1. The van der Waals surface area contributed by atoms with E-state index >= 15 is 0 Å². The van der Waals surface area contributed by atoms with Crippen molar-refractivity contribution >= 4 is 51.0 Å². The van der Waals surface area contributed by atoms with Crippen LogP contribution in [-0.4, -0.2) is 33.7 Å². The van der Waals surface area contributed by atoms with Crippen LogP contribution in [0.25, 0.3) is 0 Å². The van der Waals surface area contributed by atoms with Crippen LogP contribution in [0.2, 0.25) is 10.0 Å². The number of halogens is 2. The topological polar surface area (TPSA) is 88.1 Å². The smallest absolute Gasteiger partial charge is 0.264 e. The zero-order chi connectivity index (χ0) is 25.3. The number of anilines is 1. The third-order valence-electron chi connectivity index (χ3n) is 4.87. The van der Waals surface area contributed by atoms with E-state index in [1.54, 1.807) is 36.4 Å². The molecule has 1 N–H and O–H groups in total. The normalized spacial score (nSPS) is 11.4. The number of hydrogen-bond acceptors (Lipinski definition) is 5. The SMILES string of the molecule is CCCCOc1ccc(/C=N\NC(=O)CN(c2cccc(Cl)c2Cl)S(=O)(=O)c2ccccc2)cc1. The summed E-state index contributed by atoms with van der Waals surface area (Å²) in [5.41, 5.74) is 3.18. The summed E-state index contributed by atoms with van der Waals surface area (Å²) in [7, 11) is -4.12. The van der Waals surface area contributed by atoms with Crippen molar-refractivity contribution in [1.29, 1.82) is 0 Å². The molecule has 0 bridgehead atoms. The second-order valence-corrected chi connectivity index (χ2v) is 10.1. The van der Waals surface area contributed by atoms with E-state index < -0.39 is 22.5 Å². The molecule has 3 aromatic rings. The van der Waals surface area contributed by atoms with Crippen LogP contribution in [0.5, 0.6) is 5.75 Å². The summed E-state index contributed by atoms with van der Waals surface area (Å²) in [6, 6.07) is 19.6. The fourth-order valence-corrected chi connectivity index (χ4v) is 4.93. The molecule has 3 aromatic carbocycles. The molecule has 0 heterocycles.